The molecule has 4 aromatic rings. The van der Waals surface area contributed by atoms with Crippen molar-refractivity contribution < 1.29 is 13.9 Å². The molecule has 0 saturated carbocycles. The highest BCUT2D eigenvalue weighted by atomic mass is 16.5. The summed E-state index contributed by atoms with van der Waals surface area (Å²) in [7, 11) is 1.61. The average molecular weight is 334 g/mol. The number of H-pyrrole nitrogens is 1. The van der Waals surface area contributed by atoms with Gasteiger partial charge in [0.2, 0.25) is 12.3 Å². The quantitative estimate of drug-likeness (QED) is 0.596. The number of carbonyl (C=O) groups excluding carboxylic acids is 1. The fourth-order valence-corrected chi connectivity index (χ4v) is 2.55. The van der Waals surface area contributed by atoms with E-state index >= 15 is 0 Å². The van der Waals surface area contributed by atoms with Crippen LogP contribution in [0.1, 0.15) is 10.5 Å². The van der Waals surface area contributed by atoms with Crippen LogP contribution in [0.15, 0.2) is 59.3 Å². The number of rotatable bonds is 4. The molecular weight excluding hydrogens is 320 g/mol. The van der Waals surface area contributed by atoms with Crippen LogP contribution in [0, 0.1) is 0 Å². The predicted octanol–water partition coefficient (Wildman–Crippen LogP) is 3.48. The fraction of sp³-hybridized carbons (Fsp3) is 0.0556. The minimum Gasteiger partial charge on any atom is -0.497 e. The number of methoxy groups -OCH3 is 1. The Bertz CT molecular complexity index is 1020. The number of aromatic nitrogens is 3. The van der Waals surface area contributed by atoms with Crippen molar-refractivity contribution in [2.75, 3.05) is 12.4 Å². The second kappa shape index (κ2) is 6.12. The van der Waals surface area contributed by atoms with Gasteiger partial charge in [0.05, 0.1) is 7.11 Å². The molecule has 124 valence electrons. The number of fused-ring (bicyclic) bond motifs is 1. The highest BCUT2D eigenvalue weighted by Gasteiger charge is 2.11. The molecule has 0 aliphatic carbocycles. The lowest BCUT2D eigenvalue weighted by Crippen LogP contribution is -2.12. The second-order valence-electron chi connectivity index (χ2n) is 5.41. The summed E-state index contributed by atoms with van der Waals surface area (Å²) in [5.74, 6) is 0.945. The number of nitrogens with zero attached hydrogens (tertiary/aromatic N) is 2. The number of hydrogen-bond acceptors (Lipinski definition) is 5. The molecule has 0 unspecified atom stereocenters. The Hall–Kier alpha value is -3.61. The molecule has 0 aliphatic rings. The Morgan fingerprint density at radius 2 is 2.00 bits per heavy atom. The molecule has 0 saturated heterocycles. The molecule has 4 rings (SSSR count). The number of benzene rings is 2. The minimum absolute atomic E-state index is 0.222. The smallest absolute Gasteiger partial charge is 0.272 e. The zero-order valence-corrected chi connectivity index (χ0v) is 13.3. The van der Waals surface area contributed by atoms with Crippen molar-refractivity contribution in [3.05, 3.63) is 60.6 Å². The number of amides is 1. The number of ether oxygens (including phenoxy) is 1. The SMILES string of the molecule is COc1ccc2cc(C(=O)Nc3ccc(-c4nnco4)cc3)[nH]c2c1. The Kier molecular flexibility index (Phi) is 3.66. The van der Waals surface area contributed by atoms with Crippen molar-refractivity contribution >= 4 is 22.5 Å². The van der Waals surface area contributed by atoms with E-state index in [2.05, 4.69) is 20.5 Å². The largest absolute Gasteiger partial charge is 0.497 e. The van der Waals surface area contributed by atoms with Crippen LogP contribution in [0.25, 0.3) is 22.4 Å². The van der Waals surface area contributed by atoms with Crippen LogP contribution in [0.4, 0.5) is 5.69 Å². The van der Waals surface area contributed by atoms with Gasteiger partial charge in [-0.25, -0.2) is 0 Å². The molecule has 0 aliphatic heterocycles. The summed E-state index contributed by atoms with van der Waals surface area (Å²) in [6, 6.07) is 14.6. The number of nitrogens with one attached hydrogen (secondary N) is 2. The van der Waals surface area contributed by atoms with E-state index in [1.165, 1.54) is 6.39 Å². The van der Waals surface area contributed by atoms with Crippen molar-refractivity contribution in [3.8, 4) is 17.2 Å². The van der Waals surface area contributed by atoms with Crippen LogP contribution in [-0.2, 0) is 0 Å². The zero-order valence-electron chi connectivity index (χ0n) is 13.3. The zero-order chi connectivity index (χ0) is 17.2. The van der Waals surface area contributed by atoms with Crippen LogP contribution in [0.3, 0.4) is 0 Å². The molecule has 0 bridgehead atoms. The van der Waals surface area contributed by atoms with E-state index in [1.54, 1.807) is 37.4 Å². The van der Waals surface area contributed by atoms with Crippen molar-refractivity contribution in [1.82, 2.24) is 15.2 Å². The average Bonchev–Trinajstić information content (AvgIpc) is 3.31. The number of carbonyl (C=O) groups is 1. The van der Waals surface area contributed by atoms with Crippen LogP contribution in [0.2, 0.25) is 0 Å². The molecule has 2 heterocycles. The van der Waals surface area contributed by atoms with Gasteiger partial charge >= 0.3 is 0 Å². The van der Waals surface area contributed by atoms with E-state index in [9.17, 15) is 4.79 Å². The maximum Gasteiger partial charge on any atom is 0.272 e. The summed E-state index contributed by atoms with van der Waals surface area (Å²) in [6.45, 7) is 0. The van der Waals surface area contributed by atoms with E-state index in [1.807, 2.05) is 18.2 Å². The maximum absolute atomic E-state index is 12.4. The number of anilines is 1. The highest BCUT2D eigenvalue weighted by molar-refractivity contribution is 6.06. The summed E-state index contributed by atoms with van der Waals surface area (Å²) in [5, 5.41) is 11.3. The molecule has 0 spiro atoms. The van der Waals surface area contributed by atoms with Gasteiger partial charge in [-0.2, -0.15) is 0 Å². The van der Waals surface area contributed by atoms with Gasteiger partial charge in [0.1, 0.15) is 11.4 Å². The third kappa shape index (κ3) is 2.94. The highest BCUT2D eigenvalue weighted by Crippen LogP contribution is 2.23. The van der Waals surface area contributed by atoms with E-state index in [-0.39, 0.29) is 5.91 Å². The lowest BCUT2D eigenvalue weighted by Gasteiger charge is -2.04. The molecule has 2 N–H and O–H groups in total. The van der Waals surface area contributed by atoms with Gasteiger partial charge in [0.15, 0.2) is 0 Å². The summed E-state index contributed by atoms with van der Waals surface area (Å²) in [4.78, 5) is 15.5. The maximum atomic E-state index is 12.4. The Labute approximate surface area is 142 Å². The first kappa shape index (κ1) is 14.9. The Balaban J connectivity index is 1.53. The van der Waals surface area contributed by atoms with E-state index in [0.717, 1.165) is 22.2 Å². The van der Waals surface area contributed by atoms with Crippen LogP contribution >= 0.6 is 0 Å². The molecule has 2 aromatic heterocycles. The molecule has 2 aromatic carbocycles. The molecule has 0 fully saturated rings. The van der Waals surface area contributed by atoms with Gasteiger partial charge in [0, 0.05) is 28.2 Å². The lowest BCUT2D eigenvalue weighted by molar-refractivity contribution is 0.102. The summed E-state index contributed by atoms with van der Waals surface area (Å²) in [5.41, 5.74) is 2.78. The molecular formula is C18H14N4O3. The monoisotopic (exact) mass is 334 g/mol. The van der Waals surface area contributed by atoms with E-state index in [4.69, 9.17) is 9.15 Å². The van der Waals surface area contributed by atoms with Crippen molar-refractivity contribution in [2.45, 2.75) is 0 Å². The van der Waals surface area contributed by atoms with E-state index in [0.29, 0.717) is 17.3 Å². The van der Waals surface area contributed by atoms with Crippen molar-refractivity contribution in [1.29, 1.82) is 0 Å². The van der Waals surface area contributed by atoms with Gasteiger partial charge < -0.3 is 19.5 Å². The Morgan fingerprint density at radius 1 is 1.16 bits per heavy atom. The van der Waals surface area contributed by atoms with Gasteiger partial charge in [-0.3, -0.25) is 4.79 Å². The Morgan fingerprint density at radius 3 is 2.72 bits per heavy atom. The minimum atomic E-state index is -0.222. The standard InChI is InChI=1S/C18H14N4O3/c1-24-14-7-4-12-8-16(21-15(12)9-14)17(23)20-13-5-2-11(3-6-13)18-22-19-10-25-18/h2-10,21H,1H3,(H,20,23). The van der Waals surface area contributed by atoms with Gasteiger partial charge in [-0.05, 0) is 42.5 Å². The number of hydrogen-bond donors (Lipinski definition) is 2. The molecule has 1 amide bonds. The van der Waals surface area contributed by atoms with Crippen molar-refractivity contribution in [3.63, 3.8) is 0 Å². The molecule has 25 heavy (non-hydrogen) atoms. The third-order valence-corrected chi connectivity index (χ3v) is 3.82. The number of aromatic amines is 1. The second-order valence-corrected chi connectivity index (χ2v) is 5.41. The first-order valence-corrected chi connectivity index (χ1v) is 7.57. The third-order valence-electron chi connectivity index (χ3n) is 3.82. The topological polar surface area (TPSA) is 93.0 Å². The lowest BCUT2D eigenvalue weighted by atomic mass is 10.2. The predicted molar refractivity (Wildman–Crippen MR) is 92.5 cm³/mol. The molecule has 0 radical (unpaired) electrons. The van der Waals surface area contributed by atoms with Crippen molar-refractivity contribution in [2.24, 2.45) is 0 Å². The van der Waals surface area contributed by atoms with Gasteiger partial charge in [-0.15, -0.1) is 10.2 Å². The first-order chi connectivity index (χ1) is 12.2. The van der Waals surface area contributed by atoms with Crippen LogP contribution in [-0.4, -0.2) is 28.2 Å². The van der Waals surface area contributed by atoms with Crippen LogP contribution in [0.5, 0.6) is 5.75 Å². The van der Waals surface area contributed by atoms with Crippen LogP contribution < -0.4 is 10.1 Å². The summed E-state index contributed by atoms with van der Waals surface area (Å²) in [6.07, 6.45) is 1.27. The van der Waals surface area contributed by atoms with Gasteiger partial charge in [-0.1, -0.05) is 0 Å². The van der Waals surface area contributed by atoms with E-state index < -0.39 is 0 Å². The van der Waals surface area contributed by atoms with Gasteiger partial charge in [0.25, 0.3) is 5.91 Å². The molecule has 7 nitrogen and oxygen atoms in total. The molecule has 0 atom stereocenters. The summed E-state index contributed by atoms with van der Waals surface area (Å²) < 4.78 is 10.3. The fourth-order valence-electron chi connectivity index (χ4n) is 2.55. The normalized spacial score (nSPS) is 10.8. The first-order valence-electron chi connectivity index (χ1n) is 7.57. The summed E-state index contributed by atoms with van der Waals surface area (Å²) >= 11 is 0. The molecule has 7 heteroatoms.